The normalized spacial score (nSPS) is 23.3. The molecule has 0 radical (unpaired) electrons. The summed E-state index contributed by atoms with van der Waals surface area (Å²) in [4.78, 5) is 13.5. The zero-order chi connectivity index (χ0) is 18.1. The van der Waals surface area contributed by atoms with Crippen molar-refractivity contribution in [2.24, 2.45) is 5.92 Å². The number of benzene rings is 1. The Bertz CT molecular complexity index is 898. The van der Waals surface area contributed by atoms with Gasteiger partial charge in [0.25, 0.3) is 0 Å². The molecule has 27 heavy (non-hydrogen) atoms. The van der Waals surface area contributed by atoms with Crippen LogP contribution in [0.15, 0.2) is 47.2 Å². The number of piperazine rings is 1. The topological polar surface area (TPSA) is 70.3 Å². The van der Waals surface area contributed by atoms with Gasteiger partial charge < -0.3 is 14.7 Å². The lowest BCUT2D eigenvalue weighted by Crippen LogP contribution is -2.57. The van der Waals surface area contributed by atoms with Crippen LogP contribution < -0.4 is 10.2 Å². The Morgan fingerprint density at radius 1 is 1.04 bits per heavy atom. The Morgan fingerprint density at radius 3 is 2.85 bits per heavy atom. The maximum absolute atomic E-state index is 5.50. The molecule has 1 N–H and O–H groups in total. The first kappa shape index (κ1) is 16.5. The monoisotopic (exact) mass is 364 g/mol. The molecule has 2 aliphatic rings. The fraction of sp³-hybridized carbons (Fsp3) is 0.450. The minimum Gasteiger partial charge on any atom is -0.354 e. The average Bonchev–Trinajstić information content (AvgIpc) is 3.17. The van der Waals surface area contributed by atoms with Gasteiger partial charge in [0.05, 0.1) is 5.39 Å². The molecule has 0 aliphatic carbocycles. The molecule has 2 fully saturated rings. The summed E-state index contributed by atoms with van der Waals surface area (Å²) < 4.78 is 5.50. The molecule has 140 valence electrons. The second kappa shape index (κ2) is 7.15. The van der Waals surface area contributed by atoms with Crippen molar-refractivity contribution < 1.29 is 4.52 Å². The molecule has 2 atom stereocenters. The van der Waals surface area contributed by atoms with Gasteiger partial charge in [-0.25, -0.2) is 9.97 Å². The molecule has 0 saturated carbocycles. The number of rotatable bonds is 4. The Balaban J connectivity index is 1.20. The summed E-state index contributed by atoms with van der Waals surface area (Å²) in [5.41, 5.74) is 0.868. The number of hydrogen-bond acceptors (Lipinski definition) is 7. The van der Waals surface area contributed by atoms with Crippen LogP contribution in [0.4, 0.5) is 11.8 Å². The highest BCUT2D eigenvalue weighted by Gasteiger charge is 2.34. The number of fused-ring (bicyclic) bond motifs is 2. The van der Waals surface area contributed by atoms with E-state index >= 15 is 0 Å². The molecule has 0 spiro atoms. The van der Waals surface area contributed by atoms with E-state index in [0.717, 1.165) is 55.5 Å². The summed E-state index contributed by atoms with van der Waals surface area (Å²) in [6.07, 6.45) is 6.00. The van der Waals surface area contributed by atoms with Gasteiger partial charge in [0.2, 0.25) is 5.95 Å². The van der Waals surface area contributed by atoms with Gasteiger partial charge in [0.15, 0.2) is 11.4 Å². The Hall–Kier alpha value is -2.67. The standard InChI is InChI=1S/C20H24N6O/c1-2-5-18-17(4-1)19(24-27-18)26-11-10-25-13-15(6-7-16(25)14-26)12-23-20-21-8-3-9-22-20/h1-5,8-9,15-16H,6-7,10-14H2,(H,21,22,23). The third kappa shape index (κ3) is 3.35. The molecule has 2 aliphatic heterocycles. The summed E-state index contributed by atoms with van der Waals surface area (Å²) in [6, 6.07) is 10.6. The van der Waals surface area contributed by atoms with Crippen LogP contribution in [-0.2, 0) is 0 Å². The van der Waals surface area contributed by atoms with Crippen LogP contribution >= 0.6 is 0 Å². The van der Waals surface area contributed by atoms with Crippen molar-refractivity contribution in [3.63, 3.8) is 0 Å². The zero-order valence-corrected chi connectivity index (χ0v) is 15.3. The van der Waals surface area contributed by atoms with Crippen molar-refractivity contribution >= 4 is 22.7 Å². The van der Waals surface area contributed by atoms with Crippen LogP contribution in [0.3, 0.4) is 0 Å². The van der Waals surface area contributed by atoms with Crippen molar-refractivity contribution in [3.8, 4) is 0 Å². The third-order valence-electron chi connectivity index (χ3n) is 5.78. The van der Waals surface area contributed by atoms with E-state index in [4.69, 9.17) is 4.52 Å². The van der Waals surface area contributed by atoms with Crippen LogP contribution in [0.5, 0.6) is 0 Å². The van der Waals surface area contributed by atoms with Crippen molar-refractivity contribution in [3.05, 3.63) is 42.7 Å². The van der Waals surface area contributed by atoms with E-state index in [1.807, 2.05) is 24.3 Å². The molecule has 0 amide bonds. The maximum atomic E-state index is 5.50. The number of nitrogens with zero attached hydrogens (tertiary/aromatic N) is 5. The number of piperidine rings is 1. The Labute approximate surface area is 158 Å². The van der Waals surface area contributed by atoms with Crippen molar-refractivity contribution in [1.82, 2.24) is 20.0 Å². The lowest BCUT2D eigenvalue weighted by molar-refractivity contribution is 0.0994. The van der Waals surface area contributed by atoms with Gasteiger partial charge in [-0.05, 0) is 37.0 Å². The van der Waals surface area contributed by atoms with E-state index in [1.54, 1.807) is 12.4 Å². The van der Waals surface area contributed by atoms with Gasteiger partial charge in [-0.1, -0.05) is 17.3 Å². The first-order valence-corrected chi connectivity index (χ1v) is 9.71. The van der Waals surface area contributed by atoms with Crippen LogP contribution in [0.25, 0.3) is 11.0 Å². The molecule has 2 saturated heterocycles. The lowest BCUT2D eigenvalue weighted by atomic mass is 9.91. The molecule has 7 nitrogen and oxygen atoms in total. The zero-order valence-electron chi connectivity index (χ0n) is 15.3. The van der Waals surface area contributed by atoms with Gasteiger partial charge >= 0.3 is 0 Å². The number of anilines is 2. The average molecular weight is 364 g/mol. The number of nitrogens with one attached hydrogen (secondary N) is 1. The van der Waals surface area contributed by atoms with Crippen LogP contribution in [0.1, 0.15) is 12.8 Å². The van der Waals surface area contributed by atoms with Gasteiger partial charge in [-0.15, -0.1) is 0 Å². The van der Waals surface area contributed by atoms with Gasteiger partial charge in [-0.2, -0.15) is 0 Å². The van der Waals surface area contributed by atoms with Crippen molar-refractivity contribution in [1.29, 1.82) is 0 Å². The second-order valence-electron chi connectivity index (χ2n) is 7.49. The molecule has 5 rings (SSSR count). The molecular formula is C20H24N6O. The van der Waals surface area contributed by atoms with Gasteiger partial charge in [0.1, 0.15) is 0 Å². The first-order valence-electron chi connectivity index (χ1n) is 9.71. The van der Waals surface area contributed by atoms with E-state index in [2.05, 4.69) is 36.3 Å². The first-order chi connectivity index (χ1) is 13.4. The Kier molecular flexibility index (Phi) is 4.37. The van der Waals surface area contributed by atoms with Gasteiger partial charge in [-0.3, -0.25) is 4.90 Å². The van der Waals surface area contributed by atoms with E-state index < -0.39 is 0 Å². The van der Waals surface area contributed by atoms with Crippen LogP contribution in [-0.4, -0.2) is 58.8 Å². The highest BCUT2D eigenvalue weighted by Crippen LogP contribution is 2.31. The largest absolute Gasteiger partial charge is 0.354 e. The summed E-state index contributed by atoms with van der Waals surface area (Å²) in [5.74, 6) is 2.36. The highest BCUT2D eigenvalue weighted by atomic mass is 16.5. The maximum Gasteiger partial charge on any atom is 0.222 e. The van der Waals surface area contributed by atoms with E-state index in [0.29, 0.717) is 12.0 Å². The lowest BCUT2D eigenvalue weighted by Gasteiger charge is -2.46. The number of hydrogen-bond donors (Lipinski definition) is 1. The molecule has 4 heterocycles. The van der Waals surface area contributed by atoms with E-state index in [9.17, 15) is 0 Å². The molecule has 3 aromatic rings. The molecule has 0 bridgehead atoms. The Morgan fingerprint density at radius 2 is 1.93 bits per heavy atom. The van der Waals surface area contributed by atoms with Gasteiger partial charge in [0, 0.05) is 51.2 Å². The smallest absolute Gasteiger partial charge is 0.222 e. The summed E-state index contributed by atoms with van der Waals surface area (Å²) in [6.45, 7) is 5.17. The SMILES string of the molecule is c1cnc(NCC2CCC3CN(c4noc5ccccc45)CCN3C2)nc1. The van der Waals surface area contributed by atoms with E-state index in [-0.39, 0.29) is 0 Å². The summed E-state index contributed by atoms with van der Waals surface area (Å²) in [7, 11) is 0. The van der Waals surface area contributed by atoms with Crippen LogP contribution in [0.2, 0.25) is 0 Å². The molecular weight excluding hydrogens is 340 g/mol. The number of para-hydroxylation sites is 1. The fourth-order valence-electron chi connectivity index (χ4n) is 4.34. The summed E-state index contributed by atoms with van der Waals surface area (Å²) >= 11 is 0. The highest BCUT2D eigenvalue weighted by molar-refractivity contribution is 5.88. The second-order valence-corrected chi connectivity index (χ2v) is 7.49. The minimum absolute atomic E-state index is 0.596. The van der Waals surface area contributed by atoms with Crippen LogP contribution in [0, 0.1) is 5.92 Å². The fourth-order valence-corrected chi connectivity index (χ4v) is 4.34. The molecule has 2 unspecified atom stereocenters. The predicted molar refractivity (Wildman–Crippen MR) is 105 cm³/mol. The molecule has 2 aromatic heterocycles. The predicted octanol–water partition coefficient (Wildman–Crippen LogP) is 2.63. The summed E-state index contributed by atoms with van der Waals surface area (Å²) in [5, 5.41) is 8.84. The molecule has 1 aromatic carbocycles. The minimum atomic E-state index is 0.596. The quantitative estimate of drug-likeness (QED) is 0.763. The third-order valence-corrected chi connectivity index (χ3v) is 5.78. The number of aromatic nitrogens is 3. The van der Waals surface area contributed by atoms with Crippen molar-refractivity contribution in [2.45, 2.75) is 18.9 Å². The molecule has 7 heteroatoms. The van der Waals surface area contributed by atoms with E-state index in [1.165, 1.54) is 12.8 Å². The van der Waals surface area contributed by atoms with Crippen molar-refractivity contribution in [2.75, 3.05) is 42.9 Å².